The van der Waals surface area contributed by atoms with Crippen LogP contribution in [0.1, 0.15) is 27.7 Å². The lowest BCUT2D eigenvalue weighted by atomic mass is 9.76. The first-order valence-corrected chi connectivity index (χ1v) is 6.44. The van der Waals surface area contributed by atoms with Crippen LogP contribution in [0.15, 0.2) is 0 Å². The molecule has 1 heterocycles. The van der Waals surface area contributed by atoms with Crippen LogP contribution in [-0.4, -0.2) is 52.6 Å². The SMILES string of the molecule is CC(C)(N)OC1OC(CN)C(C(C)(C)N)C(O)C1O. The van der Waals surface area contributed by atoms with Crippen molar-refractivity contribution in [1.82, 2.24) is 0 Å². The molecule has 8 N–H and O–H groups in total. The van der Waals surface area contributed by atoms with E-state index in [2.05, 4.69) is 0 Å². The third-order valence-corrected chi connectivity index (χ3v) is 3.22. The van der Waals surface area contributed by atoms with E-state index in [9.17, 15) is 10.2 Å². The zero-order valence-corrected chi connectivity index (χ0v) is 12.0. The van der Waals surface area contributed by atoms with Crippen LogP contribution in [0.2, 0.25) is 0 Å². The molecule has 0 aliphatic carbocycles. The number of aliphatic hydroxyl groups is 2. The normalized spacial score (nSPS) is 37.4. The van der Waals surface area contributed by atoms with Crippen molar-refractivity contribution in [3.05, 3.63) is 0 Å². The number of ether oxygens (including phenoxy) is 2. The highest BCUT2D eigenvalue weighted by molar-refractivity contribution is 4.99. The maximum absolute atomic E-state index is 10.3. The van der Waals surface area contributed by atoms with Crippen LogP contribution in [0.5, 0.6) is 0 Å². The summed E-state index contributed by atoms with van der Waals surface area (Å²) in [6.45, 7) is 6.94. The Bertz CT molecular complexity index is 296. The van der Waals surface area contributed by atoms with Crippen molar-refractivity contribution in [1.29, 1.82) is 0 Å². The van der Waals surface area contributed by atoms with Gasteiger partial charge in [-0.1, -0.05) is 0 Å². The minimum Gasteiger partial charge on any atom is -0.390 e. The highest BCUT2D eigenvalue weighted by atomic mass is 16.7. The Labute approximate surface area is 114 Å². The summed E-state index contributed by atoms with van der Waals surface area (Å²) >= 11 is 0. The van der Waals surface area contributed by atoms with Crippen LogP contribution in [0, 0.1) is 5.92 Å². The summed E-state index contributed by atoms with van der Waals surface area (Å²) in [5, 5.41) is 20.4. The van der Waals surface area contributed by atoms with Gasteiger partial charge in [-0.15, -0.1) is 0 Å². The first kappa shape index (κ1) is 16.8. The lowest BCUT2D eigenvalue weighted by Crippen LogP contribution is -2.65. The zero-order valence-electron chi connectivity index (χ0n) is 12.0. The van der Waals surface area contributed by atoms with E-state index >= 15 is 0 Å². The summed E-state index contributed by atoms with van der Waals surface area (Å²) in [7, 11) is 0. The average molecular weight is 277 g/mol. The standard InChI is InChI=1S/C12H27N3O4/c1-11(2,14)7-6(5-13)18-10(9(17)8(7)16)19-12(3,4)15/h6-10,16-17H,5,13-15H2,1-4H3. The fraction of sp³-hybridized carbons (Fsp3) is 1.00. The summed E-state index contributed by atoms with van der Waals surface area (Å²) in [6, 6.07) is 0. The third-order valence-electron chi connectivity index (χ3n) is 3.22. The van der Waals surface area contributed by atoms with Crippen molar-refractivity contribution in [2.45, 2.75) is 63.6 Å². The Balaban J connectivity index is 2.91. The highest BCUT2D eigenvalue weighted by Gasteiger charge is 2.50. The molecule has 0 aromatic rings. The van der Waals surface area contributed by atoms with E-state index in [4.69, 9.17) is 26.7 Å². The quantitative estimate of drug-likeness (QED) is 0.392. The van der Waals surface area contributed by atoms with E-state index in [-0.39, 0.29) is 6.54 Å². The smallest absolute Gasteiger partial charge is 0.188 e. The molecule has 1 aliphatic heterocycles. The second-order valence-electron chi connectivity index (χ2n) is 6.33. The lowest BCUT2D eigenvalue weighted by molar-refractivity contribution is -0.313. The van der Waals surface area contributed by atoms with Crippen LogP contribution in [0.4, 0.5) is 0 Å². The first-order chi connectivity index (χ1) is 8.47. The first-order valence-electron chi connectivity index (χ1n) is 6.44. The van der Waals surface area contributed by atoms with Gasteiger partial charge in [-0.25, -0.2) is 0 Å². The molecule has 0 spiro atoms. The molecular formula is C12H27N3O4. The molecule has 5 atom stereocenters. The molecule has 0 amide bonds. The van der Waals surface area contributed by atoms with Crippen LogP contribution < -0.4 is 17.2 Å². The molecule has 0 aromatic carbocycles. The van der Waals surface area contributed by atoms with Crippen molar-refractivity contribution in [2.24, 2.45) is 23.1 Å². The fourth-order valence-corrected chi connectivity index (χ4v) is 2.45. The van der Waals surface area contributed by atoms with Gasteiger partial charge in [0.2, 0.25) is 0 Å². The fourth-order valence-electron chi connectivity index (χ4n) is 2.45. The van der Waals surface area contributed by atoms with Gasteiger partial charge in [0.25, 0.3) is 0 Å². The molecule has 0 saturated carbocycles. The van der Waals surface area contributed by atoms with Crippen LogP contribution >= 0.6 is 0 Å². The van der Waals surface area contributed by atoms with Crippen molar-refractivity contribution < 1.29 is 19.7 Å². The second kappa shape index (κ2) is 5.61. The van der Waals surface area contributed by atoms with Gasteiger partial charge < -0.3 is 36.9 Å². The Morgan fingerprint density at radius 1 is 1.11 bits per heavy atom. The maximum Gasteiger partial charge on any atom is 0.188 e. The molecule has 0 bridgehead atoms. The molecule has 1 rings (SSSR count). The maximum atomic E-state index is 10.3. The van der Waals surface area contributed by atoms with Gasteiger partial charge >= 0.3 is 0 Å². The highest BCUT2D eigenvalue weighted by Crippen LogP contribution is 2.33. The predicted molar refractivity (Wildman–Crippen MR) is 70.8 cm³/mol. The number of nitrogens with two attached hydrogens (primary N) is 3. The van der Waals surface area contributed by atoms with Gasteiger partial charge in [0.05, 0.1) is 12.2 Å². The van der Waals surface area contributed by atoms with Crippen molar-refractivity contribution >= 4 is 0 Å². The van der Waals surface area contributed by atoms with E-state index < -0.39 is 41.8 Å². The molecule has 7 heteroatoms. The van der Waals surface area contributed by atoms with Gasteiger partial charge in [0.1, 0.15) is 11.8 Å². The van der Waals surface area contributed by atoms with Gasteiger partial charge in [-0.05, 0) is 27.7 Å². The monoisotopic (exact) mass is 277 g/mol. The topological polar surface area (TPSA) is 137 Å². The zero-order chi connectivity index (χ0) is 15.0. The molecule has 7 nitrogen and oxygen atoms in total. The summed E-state index contributed by atoms with van der Waals surface area (Å²) in [4.78, 5) is 0. The molecule has 0 aromatic heterocycles. The molecule has 5 unspecified atom stereocenters. The lowest BCUT2D eigenvalue weighted by Gasteiger charge is -2.48. The molecule has 1 fully saturated rings. The van der Waals surface area contributed by atoms with Gasteiger partial charge in [0, 0.05) is 18.0 Å². The summed E-state index contributed by atoms with van der Waals surface area (Å²) in [5.74, 6) is -0.492. The van der Waals surface area contributed by atoms with E-state index in [1.54, 1.807) is 27.7 Å². The van der Waals surface area contributed by atoms with Crippen LogP contribution in [0.25, 0.3) is 0 Å². The Hall–Kier alpha value is -0.280. The van der Waals surface area contributed by atoms with Crippen LogP contribution in [-0.2, 0) is 9.47 Å². The Morgan fingerprint density at radius 2 is 1.63 bits per heavy atom. The second-order valence-corrected chi connectivity index (χ2v) is 6.33. The average Bonchev–Trinajstić information content (AvgIpc) is 2.20. The van der Waals surface area contributed by atoms with E-state index in [0.29, 0.717) is 0 Å². The molecule has 114 valence electrons. The number of aliphatic hydroxyl groups excluding tert-OH is 2. The Kier molecular flexibility index (Phi) is 4.95. The molecule has 1 aliphatic rings. The molecular weight excluding hydrogens is 250 g/mol. The largest absolute Gasteiger partial charge is 0.390 e. The van der Waals surface area contributed by atoms with Gasteiger partial charge in [-0.2, -0.15) is 0 Å². The number of hydrogen-bond acceptors (Lipinski definition) is 7. The number of rotatable bonds is 4. The van der Waals surface area contributed by atoms with E-state index in [0.717, 1.165) is 0 Å². The van der Waals surface area contributed by atoms with Gasteiger partial charge in [0.15, 0.2) is 6.29 Å². The van der Waals surface area contributed by atoms with E-state index in [1.165, 1.54) is 0 Å². The summed E-state index contributed by atoms with van der Waals surface area (Å²) in [6.07, 6.45) is -3.85. The van der Waals surface area contributed by atoms with Crippen LogP contribution in [0.3, 0.4) is 0 Å². The van der Waals surface area contributed by atoms with Crippen molar-refractivity contribution in [3.8, 4) is 0 Å². The van der Waals surface area contributed by atoms with Gasteiger partial charge in [-0.3, -0.25) is 0 Å². The van der Waals surface area contributed by atoms with Crippen molar-refractivity contribution in [2.75, 3.05) is 6.54 Å². The predicted octanol–water partition coefficient (Wildman–Crippen LogP) is -1.54. The minimum atomic E-state index is -1.22. The third kappa shape index (κ3) is 4.09. The minimum absolute atomic E-state index is 0.167. The van der Waals surface area contributed by atoms with E-state index in [1.807, 2.05) is 0 Å². The molecule has 1 saturated heterocycles. The van der Waals surface area contributed by atoms with Crippen molar-refractivity contribution in [3.63, 3.8) is 0 Å². The number of hydrogen-bond donors (Lipinski definition) is 5. The summed E-state index contributed by atoms with van der Waals surface area (Å²) in [5.41, 5.74) is 15.7. The molecule has 0 radical (unpaired) electrons. The molecule has 19 heavy (non-hydrogen) atoms. The Morgan fingerprint density at radius 3 is 2.00 bits per heavy atom. The summed E-state index contributed by atoms with van der Waals surface area (Å²) < 4.78 is 11.0.